The van der Waals surface area contributed by atoms with E-state index < -0.39 is 23.1 Å². The third kappa shape index (κ3) is 3.80. The van der Waals surface area contributed by atoms with Crippen LogP contribution in [-0.2, 0) is 33.8 Å². The van der Waals surface area contributed by atoms with E-state index in [1.165, 1.54) is 9.80 Å². The molecule has 8 heteroatoms. The van der Waals surface area contributed by atoms with Crippen molar-refractivity contribution in [1.82, 2.24) is 20.4 Å². The van der Waals surface area contributed by atoms with E-state index in [2.05, 4.69) is 10.6 Å². The highest BCUT2D eigenvalue weighted by Crippen LogP contribution is 2.31. The Bertz CT molecular complexity index is 1240. The number of rotatable bonds is 6. The summed E-state index contributed by atoms with van der Waals surface area (Å²) in [5, 5.41) is 5.61. The summed E-state index contributed by atoms with van der Waals surface area (Å²) in [4.78, 5) is 53.9. The van der Waals surface area contributed by atoms with Crippen molar-refractivity contribution in [2.45, 2.75) is 38.0 Å². The fourth-order valence-corrected chi connectivity index (χ4v) is 4.73. The highest BCUT2D eigenvalue weighted by Gasteiger charge is 2.50. The quantitative estimate of drug-likeness (QED) is 0.524. The van der Waals surface area contributed by atoms with E-state index in [9.17, 15) is 19.2 Å². The molecule has 0 bridgehead atoms. The van der Waals surface area contributed by atoms with Crippen molar-refractivity contribution in [3.63, 3.8) is 0 Å². The molecule has 0 aliphatic carbocycles. The molecule has 36 heavy (non-hydrogen) atoms. The molecular weight excluding hydrogens is 456 g/mol. The minimum atomic E-state index is -1.12. The molecule has 5 rings (SSSR count). The minimum Gasteiger partial charge on any atom is -0.319 e. The Morgan fingerprint density at radius 1 is 0.556 bits per heavy atom. The number of nitrogens with one attached hydrogen (secondary N) is 2. The second kappa shape index (κ2) is 8.64. The van der Waals surface area contributed by atoms with Crippen LogP contribution in [0.15, 0.2) is 84.9 Å². The van der Waals surface area contributed by atoms with E-state index in [-0.39, 0.29) is 24.9 Å². The van der Waals surface area contributed by atoms with Gasteiger partial charge in [-0.2, -0.15) is 0 Å². The van der Waals surface area contributed by atoms with Crippen molar-refractivity contribution in [2.75, 3.05) is 0 Å². The van der Waals surface area contributed by atoms with Crippen LogP contribution < -0.4 is 10.6 Å². The Morgan fingerprint density at radius 2 is 0.889 bits per heavy atom. The SMILES string of the molecule is CC1(c2ccccc2)NC(=O)N(Cc2ccc(CN3C(=O)NC(C)(c4ccccc4)C3=O)cc2)C1=O. The molecule has 2 unspecified atom stereocenters. The molecule has 6 amide bonds. The van der Waals surface area contributed by atoms with Crippen LogP contribution in [-0.4, -0.2) is 33.7 Å². The van der Waals surface area contributed by atoms with Gasteiger partial charge >= 0.3 is 12.1 Å². The summed E-state index contributed by atoms with van der Waals surface area (Å²) >= 11 is 0. The van der Waals surface area contributed by atoms with Crippen LogP contribution in [0.4, 0.5) is 9.59 Å². The van der Waals surface area contributed by atoms with Crippen molar-refractivity contribution in [3.8, 4) is 0 Å². The van der Waals surface area contributed by atoms with Gasteiger partial charge in [-0.05, 0) is 36.1 Å². The summed E-state index contributed by atoms with van der Waals surface area (Å²) < 4.78 is 0. The molecule has 2 aliphatic heterocycles. The van der Waals surface area contributed by atoms with Crippen LogP contribution in [0.2, 0.25) is 0 Å². The van der Waals surface area contributed by atoms with Crippen LogP contribution in [0.25, 0.3) is 0 Å². The number of hydrogen-bond donors (Lipinski definition) is 2. The first kappa shape index (κ1) is 23.3. The topological polar surface area (TPSA) is 98.8 Å². The van der Waals surface area contributed by atoms with Gasteiger partial charge in [0.2, 0.25) is 0 Å². The van der Waals surface area contributed by atoms with Crippen LogP contribution in [0.3, 0.4) is 0 Å². The van der Waals surface area contributed by atoms with E-state index in [0.29, 0.717) is 0 Å². The molecule has 2 aliphatic rings. The largest absolute Gasteiger partial charge is 0.325 e. The van der Waals surface area contributed by atoms with Gasteiger partial charge in [-0.1, -0.05) is 84.9 Å². The van der Waals surface area contributed by atoms with Crippen LogP contribution in [0.1, 0.15) is 36.1 Å². The van der Waals surface area contributed by atoms with E-state index in [1.807, 2.05) is 60.7 Å². The normalized spacial score (nSPS) is 23.7. The maximum absolute atomic E-state index is 13.1. The maximum Gasteiger partial charge on any atom is 0.325 e. The van der Waals surface area contributed by atoms with Gasteiger partial charge in [0.25, 0.3) is 11.8 Å². The van der Waals surface area contributed by atoms with Gasteiger partial charge in [0, 0.05) is 0 Å². The average Bonchev–Trinajstić information content (AvgIpc) is 3.25. The van der Waals surface area contributed by atoms with Crippen molar-refractivity contribution < 1.29 is 19.2 Å². The first-order valence-electron chi connectivity index (χ1n) is 11.7. The number of amides is 6. The summed E-state index contributed by atoms with van der Waals surface area (Å²) in [5.41, 5.74) is 0.714. The number of nitrogens with zero attached hydrogens (tertiary/aromatic N) is 2. The summed E-state index contributed by atoms with van der Waals surface area (Å²) in [6.45, 7) is 3.63. The third-order valence-electron chi connectivity index (χ3n) is 6.96. The molecule has 2 fully saturated rings. The molecule has 0 aromatic heterocycles. The van der Waals surface area contributed by atoms with Crippen molar-refractivity contribution in [3.05, 3.63) is 107 Å². The van der Waals surface area contributed by atoms with E-state index in [4.69, 9.17) is 0 Å². The Hall–Kier alpha value is -4.46. The number of imide groups is 2. The second-order valence-electron chi connectivity index (χ2n) is 9.44. The molecule has 3 aromatic carbocycles. The number of carbonyl (C=O) groups is 4. The van der Waals surface area contributed by atoms with Gasteiger partial charge in [-0.3, -0.25) is 19.4 Å². The fourth-order valence-electron chi connectivity index (χ4n) is 4.73. The van der Waals surface area contributed by atoms with Gasteiger partial charge in [-0.15, -0.1) is 0 Å². The Labute approximate surface area is 208 Å². The van der Waals surface area contributed by atoms with E-state index in [1.54, 1.807) is 38.1 Å². The second-order valence-corrected chi connectivity index (χ2v) is 9.44. The van der Waals surface area contributed by atoms with Crippen molar-refractivity contribution in [2.24, 2.45) is 0 Å². The lowest BCUT2D eigenvalue weighted by atomic mass is 9.92. The van der Waals surface area contributed by atoms with Gasteiger partial charge in [0.05, 0.1) is 13.1 Å². The molecule has 8 nitrogen and oxygen atoms in total. The highest BCUT2D eigenvalue weighted by atomic mass is 16.2. The van der Waals surface area contributed by atoms with E-state index >= 15 is 0 Å². The predicted octanol–water partition coefficient (Wildman–Crippen LogP) is 3.62. The molecule has 182 valence electrons. The van der Waals surface area contributed by atoms with Gasteiger partial charge in [-0.25, -0.2) is 9.59 Å². The molecule has 0 spiro atoms. The van der Waals surface area contributed by atoms with Crippen LogP contribution >= 0.6 is 0 Å². The van der Waals surface area contributed by atoms with Crippen molar-refractivity contribution in [1.29, 1.82) is 0 Å². The lowest BCUT2D eigenvalue weighted by Crippen LogP contribution is -2.40. The molecule has 2 saturated heterocycles. The van der Waals surface area contributed by atoms with Crippen LogP contribution in [0.5, 0.6) is 0 Å². The van der Waals surface area contributed by atoms with Gasteiger partial charge in [0.15, 0.2) is 0 Å². The first-order chi connectivity index (χ1) is 17.2. The number of benzene rings is 3. The smallest absolute Gasteiger partial charge is 0.319 e. The molecule has 2 heterocycles. The average molecular weight is 483 g/mol. The molecule has 3 aromatic rings. The zero-order chi connectivity index (χ0) is 25.5. The number of carbonyl (C=O) groups excluding carboxylic acids is 4. The van der Waals surface area contributed by atoms with E-state index in [0.717, 1.165) is 22.3 Å². The van der Waals surface area contributed by atoms with Crippen LogP contribution in [0, 0.1) is 0 Å². The monoisotopic (exact) mass is 482 g/mol. The van der Waals surface area contributed by atoms with Crippen molar-refractivity contribution >= 4 is 23.9 Å². The highest BCUT2D eigenvalue weighted by molar-refractivity contribution is 6.07. The van der Waals surface area contributed by atoms with Gasteiger partial charge in [0.1, 0.15) is 11.1 Å². The Morgan fingerprint density at radius 3 is 1.22 bits per heavy atom. The number of urea groups is 2. The molecule has 0 radical (unpaired) electrons. The summed E-state index contributed by atoms with van der Waals surface area (Å²) in [6.07, 6.45) is 0. The molecular formula is C28H26N4O4. The van der Waals surface area contributed by atoms with Gasteiger partial charge < -0.3 is 10.6 Å². The molecule has 2 atom stereocenters. The lowest BCUT2D eigenvalue weighted by molar-refractivity contribution is -0.132. The third-order valence-corrected chi connectivity index (χ3v) is 6.96. The minimum absolute atomic E-state index is 0.114. The summed E-state index contributed by atoms with van der Waals surface area (Å²) in [6, 6.07) is 24.6. The first-order valence-corrected chi connectivity index (χ1v) is 11.7. The zero-order valence-corrected chi connectivity index (χ0v) is 20.0. The predicted molar refractivity (Wildman–Crippen MR) is 132 cm³/mol. The maximum atomic E-state index is 13.1. The fraction of sp³-hybridized carbons (Fsp3) is 0.214. The molecule has 2 N–H and O–H groups in total. The molecule has 0 saturated carbocycles. The Kier molecular flexibility index (Phi) is 5.59. The number of hydrogen-bond acceptors (Lipinski definition) is 4. The standard InChI is InChI=1S/C28H26N4O4/c1-27(21-9-5-3-6-10-21)23(33)31(25(35)29-27)17-19-13-15-20(16-14-19)18-32-24(34)28(2,30-26(32)36)22-11-7-4-8-12-22/h3-16H,17-18H2,1-2H3,(H,29,35)(H,30,36). The summed E-state index contributed by atoms with van der Waals surface area (Å²) in [7, 11) is 0. The zero-order valence-electron chi connectivity index (χ0n) is 20.0. The Balaban J connectivity index is 1.28. The summed E-state index contributed by atoms with van der Waals surface area (Å²) in [5.74, 6) is -0.635. The lowest BCUT2D eigenvalue weighted by Gasteiger charge is -2.22.